The third-order valence-electron chi connectivity index (χ3n) is 4.14. The Morgan fingerprint density at radius 3 is 2.05 bits per heavy atom. The van der Waals surface area contributed by atoms with Crippen LogP contribution >= 0.6 is 0 Å². The number of esters is 1. The number of allylic oxidation sites excluding steroid dienone is 2. The molecule has 0 saturated carbocycles. The van der Waals surface area contributed by atoms with Crippen LogP contribution in [0.15, 0.2) is 12.2 Å². The van der Waals surface area contributed by atoms with Crippen molar-refractivity contribution in [1.29, 1.82) is 0 Å². The minimum Gasteiger partial charge on any atom is -0.466 e. The van der Waals surface area contributed by atoms with Gasteiger partial charge in [-0.2, -0.15) is 0 Å². The summed E-state index contributed by atoms with van der Waals surface area (Å²) < 4.78 is 5.21. The molecule has 0 atom stereocenters. The first-order valence-electron chi connectivity index (χ1n) is 9.14. The first-order valence-corrected chi connectivity index (χ1v) is 9.14. The molecule has 1 heterocycles. The Hall–Kier alpha value is -1.12. The average Bonchev–Trinajstić information content (AvgIpc) is 2.50. The van der Waals surface area contributed by atoms with Crippen molar-refractivity contribution >= 4 is 11.8 Å². The third-order valence-corrected chi connectivity index (χ3v) is 4.14. The van der Waals surface area contributed by atoms with E-state index in [0.717, 1.165) is 38.5 Å². The molecule has 22 heavy (non-hydrogen) atoms. The summed E-state index contributed by atoms with van der Waals surface area (Å²) in [6, 6.07) is 0. The molecule has 0 aromatic carbocycles. The van der Waals surface area contributed by atoms with Crippen LogP contribution in [0.1, 0.15) is 89.9 Å². The van der Waals surface area contributed by atoms with Crippen LogP contribution in [0, 0.1) is 0 Å². The van der Waals surface area contributed by atoms with Gasteiger partial charge in [0, 0.05) is 12.8 Å². The Morgan fingerprint density at radius 2 is 1.27 bits per heavy atom. The standard InChI is InChI=1S/C19H32O3/c20-18-14-10-7-5-3-1-2-4-6-8-12-16-19(21)22-17-13-9-11-15-18/h10,14H,1-9,11-13,15-17H2/b14-10+. The van der Waals surface area contributed by atoms with Gasteiger partial charge in [0.25, 0.3) is 0 Å². The van der Waals surface area contributed by atoms with E-state index in [9.17, 15) is 9.59 Å². The molecule has 1 aliphatic rings. The van der Waals surface area contributed by atoms with Crippen LogP contribution in [-0.2, 0) is 14.3 Å². The number of hydrogen-bond acceptors (Lipinski definition) is 3. The molecule has 0 bridgehead atoms. The van der Waals surface area contributed by atoms with Crippen LogP contribution in [0.3, 0.4) is 0 Å². The molecular weight excluding hydrogens is 276 g/mol. The normalized spacial score (nSPS) is 23.5. The molecule has 0 aromatic rings. The van der Waals surface area contributed by atoms with Gasteiger partial charge < -0.3 is 4.74 Å². The van der Waals surface area contributed by atoms with Gasteiger partial charge in [0.2, 0.25) is 0 Å². The lowest BCUT2D eigenvalue weighted by Crippen LogP contribution is -2.05. The average molecular weight is 308 g/mol. The maximum atomic E-state index is 11.6. The van der Waals surface area contributed by atoms with Crippen LogP contribution in [0.4, 0.5) is 0 Å². The Balaban J connectivity index is 2.24. The first-order chi connectivity index (χ1) is 10.8. The van der Waals surface area contributed by atoms with Gasteiger partial charge in [-0.05, 0) is 44.6 Å². The smallest absolute Gasteiger partial charge is 0.305 e. The second-order valence-electron chi connectivity index (χ2n) is 6.27. The lowest BCUT2D eigenvalue weighted by Gasteiger charge is -2.05. The van der Waals surface area contributed by atoms with Crippen LogP contribution < -0.4 is 0 Å². The summed E-state index contributed by atoms with van der Waals surface area (Å²) in [5.41, 5.74) is 0. The number of ketones is 1. The number of carbonyl (C=O) groups excluding carboxylic acids is 2. The van der Waals surface area contributed by atoms with Crippen LogP contribution in [-0.4, -0.2) is 18.4 Å². The molecule has 0 unspecified atom stereocenters. The minimum atomic E-state index is -0.0617. The Morgan fingerprint density at radius 1 is 0.682 bits per heavy atom. The zero-order valence-corrected chi connectivity index (χ0v) is 14.0. The number of hydrogen-bond donors (Lipinski definition) is 0. The molecule has 1 aliphatic heterocycles. The molecule has 0 aliphatic carbocycles. The number of ether oxygens (including phenoxy) is 1. The fraction of sp³-hybridized carbons (Fsp3) is 0.789. The van der Waals surface area contributed by atoms with E-state index < -0.39 is 0 Å². The zero-order chi connectivity index (χ0) is 15.9. The molecular formula is C19H32O3. The highest BCUT2D eigenvalue weighted by Crippen LogP contribution is 2.12. The van der Waals surface area contributed by atoms with Crippen molar-refractivity contribution in [3.8, 4) is 0 Å². The van der Waals surface area contributed by atoms with Gasteiger partial charge in [-0.1, -0.05) is 44.6 Å². The van der Waals surface area contributed by atoms with Crippen molar-refractivity contribution in [2.24, 2.45) is 0 Å². The lowest BCUT2D eigenvalue weighted by molar-refractivity contribution is -0.144. The van der Waals surface area contributed by atoms with E-state index in [1.807, 2.05) is 6.08 Å². The second-order valence-corrected chi connectivity index (χ2v) is 6.27. The SMILES string of the molecule is O=C1/C=C/CCCCCCCCCCC(=O)OCCCCC1. The van der Waals surface area contributed by atoms with E-state index in [4.69, 9.17) is 4.74 Å². The monoisotopic (exact) mass is 308 g/mol. The summed E-state index contributed by atoms with van der Waals surface area (Å²) in [7, 11) is 0. The lowest BCUT2D eigenvalue weighted by atomic mass is 10.1. The van der Waals surface area contributed by atoms with Crippen molar-refractivity contribution in [2.75, 3.05) is 6.61 Å². The largest absolute Gasteiger partial charge is 0.466 e. The van der Waals surface area contributed by atoms with E-state index in [2.05, 4.69) is 0 Å². The summed E-state index contributed by atoms with van der Waals surface area (Å²) in [4.78, 5) is 23.2. The van der Waals surface area contributed by atoms with E-state index in [-0.39, 0.29) is 11.8 Å². The van der Waals surface area contributed by atoms with Gasteiger partial charge in [-0.15, -0.1) is 0 Å². The predicted molar refractivity (Wildman–Crippen MR) is 89.7 cm³/mol. The maximum absolute atomic E-state index is 11.6. The summed E-state index contributed by atoms with van der Waals surface area (Å²) in [6.45, 7) is 0.503. The molecule has 3 heteroatoms. The van der Waals surface area contributed by atoms with E-state index in [0.29, 0.717) is 19.4 Å². The number of carbonyl (C=O) groups is 2. The Bertz CT molecular complexity index is 334. The highest BCUT2D eigenvalue weighted by Gasteiger charge is 2.03. The fourth-order valence-electron chi connectivity index (χ4n) is 2.73. The molecule has 0 fully saturated rings. The molecule has 0 saturated heterocycles. The van der Waals surface area contributed by atoms with Crippen molar-refractivity contribution in [1.82, 2.24) is 0 Å². The van der Waals surface area contributed by atoms with Crippen LogP contribution in [0.2, 0.25) is 0 Å². The molecule has 126 valence electrons. The molecule has 3 nitrogen and oxygen atoms in total. The molecule has 0 radical (unpaired) electrons. The number of rotatable bonds is 0. The minimum absolute atomic E-state index is 0.0617. The molecule has 1 rings (SSSR count). The Kier molecular flexibility index (Phi) is 11.6. The molecule has 0 aromatic heterocycles. The van der Waals surface area contributed by atoms with Gasteiger partial charge in [0.15, 0.2) is 5.78 Å². The maximum Gasteiger partial charge on any atom is 0.305 e. The number of cyclic esters (lactones) is 1. The van der Waals surface area contributed by atoms with Crippen LogP contribution in [0.25, 0.3) is 0 Å². The summed E-state index contributed by atoms with van der Waals surface area (Å²) in [5.74, 6) is 0.166. The topological polar surface area (TPSA) is 43.4 Å². The third kappa shape index (κ3) is 11.5. The van der Waals surface area contributed by atoms with Crippen LogP contribution in [0.5, 0.6) is 0 Å². The van der Waals surface area contributed by atoms with Crippen molar-refractivity contribution in [2.45, 2.75) is 89.9 Å². The van der Waals surface area contributed by atoms with E-state index >= 15 is 0 Å². The molecule has 0 amide bonds. The highest BCUT2D eigenvalue weighted by molar-refractivity contribution is 5.89. The quantitative estimate of drug-likeness (QED) is 0.583. The summed E-state index contributed by atoms with van der Waals surface area (Å²) in [6.07, 6.45) is 18.3. The first kappa shape index (κ1) is 18.9. The van der Waals surface area contributed by atoms with Gasteiger partial charge in [0.1, 0.15) is 0 Å². The fourth-order valence-corrected chi connectivity index (χ4v) is 2.73. The zero-order valence-electron chi connectivity index (χ0n) is 14.0. The summed E-state index contributed by atoms with van der Waals surface area (Å²) >= 11 is 0. The summed E-state index contributed by atoms with van der Waals surface area (Å²) in [5, 5.41) is 0. The highest BCUT2D eigenvalue weighted by atomic mass is 16.5. The van der Waals surface area contributed by atoms with Gasteiger partial charge in [0.05, 0.1) is 6.61 Å². The predicted octanol–water partition coefficient (Wildman–Crippen LogP) is 5.13. The molecule has 0 spiro atoms. The Labute approximate surface area is 135 Å². The van der Waals surface area contributed by atoms with Crippen molar-refractivity contribution in [3.63, 3.8) is 0 Å². The van der Waals surface area contributed by atoms with E-state index in [1.54, 1.807) is 6.08 Å². The second kappa shape index (κ2) is 13.5. The van der Waals surface area contributed by atoms with Gasteiger partial charge >= 0.3 is 5.97 Å². The van der Waals surface area contributed by atoms with Crippen molar-refractivity contribution in [3.05, 3.63) is 12.2 Å². The molecule has 0 N–H and O–H groups in total. The van der Waals surface area contributed by atoms with E-state index in [1.165, 1.54) is 38.5 Å². The van der Waals surface area contributed by atoms with Gasteiger partial charge in [-0.25, -0.2) is 0 Å². The van der Waals surface area contributed by atoms with Gasteiger partial charge in [-0.3, -0.25) is 9.59 Å². The van der Waals surface area contributed by atoms with Crippen molar-refractivity contribution < 1.29 is 14.3 Å².